The fraction of sp³-hybridized carbons (Fsp3) is 0.438. The molecule has 2 aromatic heterocycles. The van der Waals surface area contributed by atoms with Crippen LogP contribution in [0.25, 0.3) is 0 Å². The van der Waals surface area contributed by atoms with Crippen LogP contribution in [-0.2, 0) is 37.2 Å². The van der Waals surface area contributed by atoms with Crippen molar-refractivity contribution in [1.29, 1.82) is 0 Å². The lowest BCUT2D eigenvalue weighted by Crippen LogP contribution is -2.36. The fourth-order valence-electron chi connectivity index (χ4n) is 2.88. The van der Waals surface area contributed by atoms with Crippen molar-refractivity contribution in [3.8, 4) is 0 Å². The van der Waals surface area contributed by atoms with Crippen LogP contribution in [0.2, 0.25) is 0 Å². The molecule has 0 atom stereocenters. The highest BCUT2D eigenvalue weighted by atomic mass is 19.4. The first-order chi connectivity index (χ1) is 12.3. The molecule has 0 radical (unpaired) electrons. The van der Waals surface area contributed by atoms with Crippen LogP contribution in [0.1, 0.15) is 23.4 Å². The SMILES string of the molecule is O=C(Cn1cc(C(F)(F)F)ccc1=O)N1CCCn2nc(CO)cc2C1. The van der Waals surface area contributed by atoms with Crippen LogP contribution in [-0.4, -0.2) is 36.8 Å². The summed E-state index contributed by atoms with van der Waals surface area (Å²) in [6, 6.07) is 3.19. The first kappa shape index (κ1) is 18.2. The number of pyridine rings is 1. The van der Waals surface area contributed by atoms with Gasteiger partial charge in [-0.05, 0) is 18.6 Å². The number of aryl methyl sites for hydroxylation is 1. The molecule has 1 aliphatic rings. The molecule has 0 fully saturated rings. The van der Waals surface area contributed by atoms with Gasteiger partial charge >= 0.3 is 6.18 Å². The van der Waals surface area contributed by atoms with E-state index in [2.05, 4.69) is 5.10 Å². The molecule has 1 aliphatic heterocycles. The maximum absolute atomic E-state index is 12.8. The van der Waals surface area contributed by atoms with E-state index in [0.717, 1.165) is 16.3 Å². The second-order valence-electron chi connectivity index (χ2n) is 6.06. The van der Waals surface area contributed by atoms with E-state index in [4.69, 9.17) is 5.11 Å². The molecule has 3 heterocycles. The van der Waals surface area contributed by atoms with Gasteiger partial charge in [-0.1, -0.05) is 0 Å². The van der Waals surface area contributed by atoms with Gasteiger partial charge in [-0.3, -0.25) is 14.3 Å². The Morgan fingerprint density at radius 3 is 2.73 bits per heavy atom. The van der Waals surface area contributed by atoms with E-state index in [1.165, 1.54) is 4.90 Å². The van der Waals surface area contributed by atoms with Gasteiger partial charge < -0.3 is 14.6 Å². The van der Waals surface area contributed by atoms with E-state index in [0.29, 0.717) is 37.5 Å². The van der Waals surface area contributed by atoms with Crippen molar-refractivity contribution in [3.05, 3.63) is 51.7 Å². The average molecular weight is 370 g/mol. The molecule has 26 heavy (non-hydrogen) atoms. The van der Waals surface area contributed by atoms with Gasteiger partial charge in [-0.25, -0.2) is 0 Å². The van der Waals surface area contributed by atoms with E-state index in [9.17, 15) is 22.8 Å². The van der Waals surface area contributed by atoms with Crippen molar-refractivity contribution in [2.75, 3.05) is 6.54 Å². The van der Waals surface area contributed by atoms with Crippen molar-refractivity contribution < 1.29 is 23.1 Å². The Balaban J connectivity index is 1.79. The molecule has 0 aromatic carbocycles. The molecule has 0 saturated carbocycles. The number of halogens is 3. The Bertz CT molecular complexity index is 872. The Morgan fingerprint density at radius 2 is 2.04 bits per heavy atom. The van der Waals surface area contributed by atoms with Crippen molar-refractivity contribution in [1.82, 2.24) is 19.2 Å². The molecular weight excluding hydrogens is 353 g/mol. The molecule has 1 N–H and O–H groups in total. The number of aliphatic hydroxyl groups is 1. The molecule has 2 aromatic rings. The number of hydrogen-bond acceptors (Lipinski definition) is 4. The summed E-state index contributed by atoms with van der Waals surface area (Å²) in [5.74, 6) is -0.452. The molecule has 1 amide bonds. The summed E-state index contributed by atoms with van der Waals surface area (Å²) < 4.78 is 40.9. The third kappa shape index (κ3) is 3.79. The number of carbonyl (C=O) groups is 1. The Kier molecular flexibility index (Phi) is 4.86. The molecule has 140 valence electrons. The van der Waals surface area contributed by atoms with Gasteiger partial charge in [0.15, 0.2) is 0 Å². The second kappa shape index (κ2) is 6.94. The number of nitrogens with zero attached hydrogens (tertiary/aromatic N) is 4. The number of fused-ring (bicyclic) bond motifs is 1. The van der Waals surface area contributed by atoms with Crippen molar-refractivity contribution in [2.24, 2.45) is 0 Å². The van der Waals surface area contributed by atoms with Gasteiger partial charge in [-0.2, -0.15) is 18.3 Å². The van der Waals surface area contributed by atoms with Crippen molar-refractivity contribution >= 4 is 5.91 Å². The lowest BCUT2D eigenvalue weighted by molar-refractivity contribution is -0.138. The number of rotatable bonds is 3. The third-order valence-electron chi connectivity index (χ3n) is 4.20. The average Bonchev–Trinajstić information content (AvgIpc) is 2.86. The van der Waals surface area contributed by atoms with Crippen LogP contribution in [0.3, 0.4) is 0 Å². The standard InChI is InChI=1S/C16H17F3N4O3/c17-16(18,19)11-2-3-14(25)22(7-11)9-15(26)21-4-1-5-23-13(8-21)6-12(10-24)20-23/h2-3,6-7,24H,1,4-5,8-10H2. The number of carbonyl (C=O) groups excluding carboxylic acids is 1. The van der Waals surface area contributed by atoms with Gasteiger partial charge in [0.05, 0.1) is 30.1 Å². The zero-order valence-electron chi connectivity index (χ0n) is 13.7. The van der Waals surface area contributed by atoms with Crippen LogP contribution < -0.4 is 5.56 Å². The fourth-order valence-corrected chi connectivity index (χ4v) is 2.88. The summed E-state index contributed by atoms with van der Waals surface area (Å²) >= 11 is 0. The largest absolute Gasteiger partial charge is 0.417 e. The van der Waals surface area contributed by atoms with E-state index in [1.54, 1.807) is 10.7 Å². The van der Waals surface area contributed by atoms with Crippen LogP contribution in [0.15, 0.2) is 29.2 Å². The normalized spacial score (nSPS) is 14.8. The molecule has 3 rings (SSSR count). The highest BCUT2D eigenvalue weighted by Crippen LogP contribution is 2.28. The summed E-state index contributed by atoms with van der Waals surface area (Å²) in [5, 5.41) is 13.4. The molecule has 0 aliphatic carbocycles. The monoisotopic (exact) mass is 370 g/mol. The summed E-state index contributed by atoms with van der Waals surface area (Å²) in [4.78, 5) is 25.8. The quantitative estimate of drug-likeness (QED) is 0.874. The number of aromatic nitrogens is 3. The maximum atomic E-state index is 12.8. The van der Waals surface area contributed by atoms with Gasteiger partial charge in [0.1, 0.15) is 6.54 Å². The number of amides is 1. The van der Waals surface area contributed by atoms with Crippen LogP contribution in [0, 0.1) is 0 Å². The molecule has 0 bridgehead atoms. The molecule has 7 nitrogen and oxygen atoms in total. The minimum Gasteiger partial charge on any atom is -0.390 e. The minimum atomic E-state index is -4.59. The lowest BCUT2D eigenvalue weighted by Gasteiger charge is -2.21. The maximum Gasteiger partial charge on any atom is 0.417 e. The van der Waals surface area contributed by atoms with Gasteiger partial charge in [0, 0.05) is 25.4 Å². The van der Waals surface area contributed by atoms with Crippen LogP contribution >= 0.6 is 0 Å². The Labute approximate surface area is 146 Å². The van der Waals surface area contributed by atoms with E-state index in [-0.39, 0.29) is 13.2 Å². The van der Waals surface area contributed by atoms with Crippen molar-refractivity contribution in [2.45, 2.75) is 38.8 Å². The van der Waals surface area contributed by atoms with Gasteiger partial charge in [-0.15, -0.1) is 0 Å². The van der Waals surface area contributed by atoms with Gasteiger partial charge in [0.2, 0.25) is 5.91 Å². The highest BCUT2D eigenvalue weighted by Gasteiger charge is 2.31. The lowest BCUT2D eigenvalue weighted by atomic mass is 10.2. The topological polar surface area (TPSA) is 80.4 Å². The first-order valence-corrected chi connectivity index (χ1v) is 8.00. The highest BCUT2D eigenvalue weighted by molar-refractivity contribution is 5.76. The smallest absolute Gasteiger partial charge is 0.390 e. The first-order valence-electron chi connectivity index (χ1n) is 8.00. The minimum absolute atomic E-state index is 0.215. The van der Waals surface area contributed by atoms with Crippen molar-refractivity contribution in [3.63, 3.8) is 0 Å². The zero-order chi connectivity index (χ0) is 18.9. The second-order valence-corrected chi connectivity index (χ2v) is 6.06. The Morgan fingerprint density at radius 1 is 1.27 bits per heavy atom. The van der Waals surface area contributed by atoms with Crippen LogP contribution in [0.4, 0.5) is 13.2 Å². The predicted octanol–water partition coefficient (Wildman–Crippen LogP) is 0.988. The summed E-state index contributed by atoms with van der Waals surface area (Å²) in [5.41, 5.74) is -0.431. The Hall–Kier alpha value is -2.62. The molecule has 0 unspecified atom stereocenters. The van der Waals surface area contributed by atoms with E-state index < -0.39 is 29.8 Å². The zero-order valence-corrected chi connectivity index (χ0v) is 13.7. The molecule has 0 saturated heterocycles. The van der Waals surface area contributed by atoms with Gasteiger partial charge in [0.25, 0.3) is 5.56 Å². The third-order valence-corrected chi connectivity index (χ3v) is 4.20. The summed E-state index contributed by atoms with van der Waals surface area (Å²) in [6.07, 6.45) is -3.32. The number of aliphatic hydroxyl groups excluding tert-OH is 1. The van der Waals surface area contributed by atoms with Crippen LogP contribution in [0.5, 0.6) is 0 Å². The number of alkyl halides is 3. The number of hydrogen-bond donors (Lipinski definition) is 1. The summed E-state index contributed by atoms with van der Waals surface area (Å²) in [7, 11) is 0. The van der Waals surface area contributed by atoms with E-state index in [1.807, 2.05) is 0 Å². The molecular formula is C16H17F3N4O3. The molecule has 10 heteroatoms. The van der Waals surface area contributed by atoms with E-state index >= 15 is 0 Å². The predicted molar refractivity (Wildman–Crippen MR) is 83.9 cm³/mol. The molecule has 0 spiro atoms. The summed E-state index contributed by atoms with van der Waals surface area (Å²) in [6.45, 7) is 0.518.